The Balaban J connectivity index is 1.72. The molecule has 5 aromatic rings. The van der Waals surface area contributed by atoms with E-state index in [1.807, 2.05) is 61.7 Å². The Morgan fingerprint density at radius 2 is 1.73 bits per heavy atom. The molecule has 0 saturated carbocycles. The number of para-hydroxylation sites is 1. The van der Waals surface area contributed by atoms with Crippen LogP contribution >= 0.6 is 11.6 Å². The van der Waals surface area contributed by atoms with Crippen LogP contribution in [0.25, 0.3) is 33.1 Å². The summed E-state index contributed by atoms with van der Waals surface area (Å²) in [6.45, 7) is 1.91. The van der Waals surface area contributed by atoms with Gasteiger partial charge >= 0.3 is 0 Å². The Bertz CT molecular complexity index is 1550. The Hall–Kier alpha value is -3.83. The number of hydrogen-bond acceptors (Lipinski definition) is 2. The summed E-state index contributed by atoms with van der Waals surface area (Å²) in [5, 5.41) is 7.04. The highest BCUT2D eigenvalue weighted by atomic mass is 35.5. The van der Waals surface area contributed by atoms with E-state index in [0.717, 1.165) is 49.9 Å². The molecule has 2 aromatic heterocycles. The smallest absolute Gasteiger partial charge is 0.249 e. The molecule has 1 aliphatic heterocycles. The van der Waals surface area contributed by atoms with Crippen molar-refractivity contribution in [2.45, 2.75) is 12.8 Å². The van der Waals surface area contributed by atoms with Crippen molar-refractivity contribution < 1.29 is 4.79 Å². The minimum atomic E-state index is -0.440. The zero-order chi connectivity index (χ0) is 22.5. The van der Waals surface area contributed by atoms with E-state index in [9.17, 15) is 4.79 Å². The van der Waals surface area contributed by atoms with Crippen LogP contribution in [0.5, 0.6) is 0 Å². The van der Waals surface area contributed by atoms with Crippen LogP contribution in [0.3, 0.4) is 0 Å². The van der Waals surface area contributed by atoms with Crippen molar-refractivity contribution in [2.24, 2.45) is 11.0 Å². The predicted octanol–water partition coefficient (Wildman–Crippen LogP) is 6.22. The van der Waals surface area contributed by atoms with Crippen LogP contribution in [0.1, 0.15) is 24.0 Å². The number of hydrazone groups is 1. The van der Waals surface area contributed by atoms with Crippen LogP contribution in [0.15, 0.2) is 84.1 Å². The molecule has 2 atom stereocenters. The van der Waals surface area contributed by atoms with Gasteiger partial charge in [0.25, 0.3) is 0 Å². The number of nitrogens with one attached hydrogen (secondary N) is 3. The monoisotopic (exact) mass is 452 g/mol. The number of rotatable bonds is 4. The maximum Gasteiger partial charge on any atom is 0.249 e. The zero-order valence-electron chi connectivity index (χ0n) is 17.9. The maximum absolute atomic E-state index is 13.1. The van der Waals surface area contributed by atoms with Crippen molar-refractivity contribution in [2.75, 3.05) is 0 Å². The number of carbonyl (C=O) groups excluding carboxylic acids is 1. The first-order valence-electron chi connectivity index (χ1n) is 10.9. The Morgan fingerprint density at radius 1 is 0.939 bits per heavy atom. The van der Waals surface area contributed by atoms with Gasteiger partial charge in [-0.3, -0.25) is 4.79 Å². The minimum Gasteiger partial charge on any atom is -0.361 e. The fourth-order valence-electron chi connectivity index (χ4n) is 5.06. The van der Waals surface area contributed by atoms with E-state index in [1.165, 1.54) is 0 Å². The van der Waals surface area contributed by atoms with Gasteiger partial charge in [0.05, 0.1) is 11.6 Å². The summed E-state index contributed by atoms with van der Waals surface area (Å²) < 4.78 is 0. The second-order valence-corrected chi connectivity index (χ2v) is 8.88. The first-order chi connectivity index (χ1) is 16.1. The highest BCUT2D eigenvalue weighted by Gasteiger charge is 2.40. The number of benzene rings is 3. The molecule has 0 bridgehead atoms. The van der Waals surface area contributed by atoms with Crippen LogP contribution in [0.4, 0.5) is 0 Å². The van der Waals surface area contributed by atoms with Gasteiger partial charge in [0, 0.05) is 44.7 Å². The normalized spacial score (nSPS) is 16.8. The van der Waals surface area contributed by atoms with Crippen molar-refractivity contribution in [1.82, 2.24) is 15.4 Å². The van der Waals surface area contributed by atoms with Gasteiger partial charge in [0.15, 0.2) is 0 Å². The average molecular weight is 453 g/mol. The summed E-state index contributed by atoms with van der Waals surface area (Å²) >= 11 is 6.46. The number of aromatic amines is 2. The summed E-state index contributed by atoms with van der Waals surface area (Å²) in [4.78, 5) is 20.1. The highest BCUT2D eigenvalue weighted by molar-refractivity contribution is 6.31. The fourth-order valence-corrected chi connectivity index (χ4v) is 5.23. The number of carbonyl (C=O) groups is 1. The second-order valence-electron chi connectivity index (χ2n) is 8.44. The van der Waals surface area contributed by atoms with Crippen LogP contribution in [-0.2, 0) is 4.79 Å². The van der Waals surface area contributed by atoms with E-state index in [4.69, 9.17) is 11.6 Å². The SMILES string of the molecule is CC1=NNC(=O)C1C(c1c[nH]c2ccccc12)c1c(-c2ccccc2)[nH]c2ccc(Cl)cc12. The molecular weight excluding hydrogens is 432 g/mol. The van der Waals surface area contributed by atoms with Gasteiger partial charge in [-0.2, -0.15) is 5.10 Å². The van der Waals surface area contributed by atoms with Crippen molar-refractivity contribution in [1.29, 1.82) is 0 Å². The molecule has 0 spiro atoms. The number of hydrogen-bond donors (Lipinski definition) is 3. The molecule has 162 valence electrons. The Morgan fingerprint density at radius 3 is 2.52 bits per heavy atom. The second kappa shape index (κ2) is 7.64. The third-order valence-electron chi connectivity index (χ3n) is 6.54. The summed E-state index contributed by atoms with van der Waals surface area (Å²) in [7, 11) is 0. The van der Waals surface area contributed by atoms with E-state index in [1.54, 1.807) is 0 Å². The molecule has 0 aliphatic carbocycles. The molecule has 2 unspecified atom stereocenters. The average Bonchev–Trinajstić information content (AvgIpc) is 3.52. The zero-order valence-corrected chi connectivity index (χ0v) is 18.6. The summed E-state index contributed by atoms with van der Waals surface area (Å²) in [5.41, 5.74) is 9.61. The van der Waals surface area contributed by atoms with Gasteiger partial charge < -0.3 is 9.97 Å². The minimum absolute atomic E-state index is 0.0989. The largest absolute Gasteiger partial charge is 0.361 e. The Labute approximate surface area is 195 Å². The number of aromatic nitrogens is 2. The lowest BCUT2D eigenvalue weighted by Crippen LogP contribution is -2.29. The quantitative estimate of drug-likeness (QED) is 0.297. The number of H-pyrrole nitrogens is 2. The van der Waals surface area contributed by atoms with Crippen molar-refractivity contribution >= 4 is 45.0 Å². The number of fused-ring (bicyclic) bond motifs is 2. The van der Waals surface area contributed by atoms with Gasteiger partial charge in [-0.1, -0.05) is 60.1 Å². The molecule has 0 fully saturated rings. The number of nitrogens with zero attached hydrogens (tertiary/aromatic N) is 1. The van der Waals surface area contributed by atoms with Gasteiger partial charge in [0.2, 0.25) is 5.91 Å². The molecule has 3 aromatic carbocycles. The molecule has 6 heteroatoms. The topological polar surface area (TPSA) is 73.0 Å². The van der Waals surface area contributed by atoms with Crippen molar-refractivity contribution in [3.8, 4) is 11.3 Å². The van der Waals surface area contributed by atoms with Gasteiger partial charge in [-0.25, -0.2) is 5.43 Å². The molecule has 5 nitrogen and oxygen atoms in total. The summed E-state index contributed by atoms with van der Waals surface area (Å²) in [5.74, 6) is -0.808. The van der Waals surface area contributed by atoms with Crippen molar-refractivity contribution in [3.63, 3.8) is 0 Å². The summed E-state index contributed by atoms with van der Waals surface area (Å²) in [6, 6.07) is 24.2. The third kappa shape index (κ3) is 3.16. The van der Waals surface area contributed by atoms with Gasteiger partial charge in [0.1, 0.15) is 0 Å². The molecule has 6 rings (SSSR count). The van der Waals surface area contributed by atoms with Gasteiger partial charge in [-0.05, 0) is 47.9 Å². The highest BCUT2D eigenvalue weighted by Crippen LogP contribution is 2.46. The van der Waals surface area contributed by atoms with Crippen LogP contribution in [-0.4, -0.2) is 21.6 Å². The standard InChI is InChI=1S/C27H21ClN4O/c1-15-23(27(33)32-31-15)24(20-14-29-21-10-6-5-9-18(20)21)25-19-13-17(28)11-12-22(19)30-26(25)16-7-3-2-4-8-16/h2-14,23-24,29-30H,1H3,(H,32,33). The van der Waals surface area contributed by atoms with Crippen LogP contribution < -0.4 is 5.43 Å². The number of amides is 1. The van der Waals surface area contributed by atoms with Crippen molar-refractivity contribution in [3.05, 3.63) is 95.1 Å². The fraction of sp³-hybridized carbons (Fsp3) is 0.111. The third-order valence-corrected chi connectivity index (χ3v) is 6.77. The Kier molecular flexibility index (Phi) is 4.59. The lowest BCUT2D eigenvalue weighted by atomic mass is 9.76. The predicted molar refractivity (Wildman–Crippen MR) is 134 cm³/mol. The van der Waals surface area contributed by atoms with E-state index < -0.39 is 5.92 Å². The first-order valence-corrected chi connectivity index (χ1v) is 11.3. The lowest BCUT2D eigenvalue weighted by Gasteiger charge is -2.24. The van der Waals surface area contributed by atoms with E-state index in [0.29, 0.717) is 5.02 Å². The molecule has 3 N–H and O–H groups in total. The number of halogens is 1. The molecule has 0 radical (unpaired) electrons. The molecule has 1 amide bonds. The van der Waals surface area contributed by atoms with E-state index in [-0.39, 0.29) is 11.8 Å². The van der Waals surface area contributed by atoms with E-state index in [2.05, 4.69) is 44.8 Å². The molecule has 0 saturated heterocycles. The lowest BCUT2D eigenvalue weighted by molar-refractivity contribution is -0.122. The maximum atomic E-state index is 13.1. The van der Waals surface area contributed by atoms with Crippen LogP contribution in [0, 0.1) is 5.92 Å². The summed E-state index contributed by atoms with van der Waals surface area (Å²) in [6.07, 6.45) is 2.02. The molecule has 33 heavy (non-hydrogen) atoms. The first kappa shape index (κ1) is 19.8. The van der Waals surface area contributed by atoms with E-state index >= 15 is 0 Å². The van der Waals surface area contributed by atoms with Gasteiger partial charge in [-0.15, -0.1) is 0 Å². The molecule has 3 heterocycles. The molecule has 1 aliphatic rings. The van der Waals surface area contributed by atoms with Crippen LogP contribution in [0.2, 0.25) is 5.02 Å². The molecular formula is C27H21ClN4O.